The minimum atomic E-state index is -0.470. The van der Waals surface area contributed by atoms with Gasteiger partial charge in [0, 0.05) is 19.0 Å². The van der Waals surface area contributed by atoms with Crippen LogP contribution in [0.3, 0.4) is 0 Å². The fourth-order valence-electron chi connectivity index (χ4n) is 1.49. The molecule has 0 spiro atoms. The molecule has 0 unspecified atom stereocenters. The lowest BCUT2D eigenvalue weighted by Crippen LogP contribution is -2.00. The van der Waals surface area contributed by atoms with Crippen LogP contribution >= 0.6 is 0 Å². The normalized spacial score (nSPS) is 10.2. The monoisotopic (exact) mass is 245 g/mol. The van der Waals surface area contributed by atoms with Crippen LogP contribution in [-0.4, -0.2) is 16.5 Å². The van der Waals surface area contributed by atoms with Crippen molar-refractivity contribution in [2.75, 3.05) is 11.9 Å². The Bertz CT molecular complexity index is 613. The summed E-state index contributed by atoms with van der Waals surface area (Å²) in [4.78, 5) is 14.3. The van der Waals surface area contributed by atoms with Gasteiger partial charge in [0.15, 0.2) is 5.58 Å². The Morgan fingerprint density at radius 1 is 1.56 bits per heavy atom. The summed E-state index contributed by atoms with van der Waals surface area (Å²) in [5, 5.41) is 13.6. The maximum atomic E-state index is 10.6. The minimum absolute atomic E-state index is 0.0162. The summed E-state index contributed by atoms with van der Waals surface area (Å²) in [7, 11) is 0. The van der Waals surface area contributed by atoms with Crippen molar-refractivity contribution in [2.45, 2.75) is 12.8 Å². The first kappa shape index (κ1) is 11.9. The fraction of sp³-hybridized carbons (Fsp3) is 0.250. The maximum Gasteiger partial charge on any atom is 0.295 e. The van der Waals surface area contributed by atoms with E-state index in [1.54, 1.807) is 6.07 Å². The maximum absolute atomic E-state index is 10.6. The Labute approximate surface area is 103 Å². The van der Waals surface area contributed by atoms with Crippen LogP contribution in [0.4, 0.5) is 11.7 Å². The van der Waals surface area contributed by atoms with Crippen LogP contribution < -0.4 is 5.32 Å². The molecule has 0 atom stereocenters. The number of nitrogens with zero attached hydrogens (tertiary/aromatic N) is 2. The highest BCUT2D eigenvalue weighted by atomic mass is 16.6. The molecule has 0 aliphatic rings. The van der Waals surface area contributed by atoms with Crippen LogP contribution in [0.2, 0.25) is 0 Å². The van der Waals surface area contributed by atoms with Gasteiger partial charge in [-0.2, -0.15) is 4.98 Å². The molecule has 1 N–H and O–H groups in total. The lowest BCUT2D eigenvalue weighted by atomic mass is 10.3. The topological polar surface area (TPSA) is 81.2 Å². The summed E-state index contributed by atoms with van der Waals surface area (Å²) in [5.74, 6) is 2.53. The fourth-order valence-corrected chi connectivity index (χ4v) is 1.49. The zero-order valence-corrected chi connectivity index (χ0v) is 9.55. The molecule has 2 rings (SSSR count). The molecule has 0 radical (unpaired) electrons. The third-order valence-corrected chi connectivity index (χ3v) is 2.36. The van der Waals surface area contributed by atoms with E-state index < -0.39 is 4.92 Å². The van der Waals surface area contributed by atoms with Gasteiger partial charge in [0.25, 0.3) is 11.7 Å². The highest BCUT2D eigenvalue weighted by molar-refractivity contribution is 5.77. The van der Waals surface area contributed by atoms with Gasteiger partial charge < -0.3 is 9.73 Å². The van der Waals surface area contributed by atoms with Crippen LogP contribution in [0.5, 0.6) is 0 Å². The van der Waals surface area contributed by atoms with Crippen molar-refractivity contribution in [1.29, 1.82) is 0 Å². The molecule has 0 aliphatic carbocycles. The Morgan fingerprint density at radius 3 is 3.11 bits per heavy atom. The molecule has 2 aromatic rings. The van der Waals surface area contributed by atoms with E-state index in [0.29, 0.717) is 30.1 Å². The second-order valence-electron chi connectivity index (χ2n) is 3.66. The van der Waals surface area contributed by atoms with Gasteiger partial charge in [-0.15, -0.1) is 12.3 Å². The summed E-state index contributed by atoms with van der Waals surface area (Å²) in [6.07, 6.45) is 6.63. The van der Waals surface area contributed by atoms with E-state index in [0.717, 1.165) is 6.42 Å². The molecular formula is C12H11N3O3. The van der Waals surface area contributed by atoms with Gasteiger partial charge in [0.2, 0.25) is 0 Å². The van der Waals surface area contributed by atoms with E-state index in [2.05, 4.69) is 16.2 Å². The second kappa shape index (κ2) is 5.19. The molecule has 1 aromatic heterocycles. The molecule has 18 heavy (non-hydrogen) atoms. The van der Waals surface area contributed by atoms with E-state index in [1.165, 1.54) is 12.1 Å². The number of nitro benzene ring substituents is 1. The Balaban J connectivity index is 2.12. The smallest absolute Gasteiger partial charge is 0.295 e. The summed E-state index contributed by atoms with van der Waals surface area (Å²) in [6.45, 7) is 0.652. The van der Waals surface area contributed by atoms with Crippen molar-refractivity contribution in [1.82, 2.24) is 4.98 Å². The predicted molar refractivity (Wildman–Crippen MR) is 67.2 cm³/mol. The number of terminal acetylenes is 1. The first-order valence-corrected chi connectivity index (χ1v) is 5.43. The Kier molecular flexibility index (Phi) is 3.44. The zero-order valence-electron chi connectivity index (χ0n) is 9.55. The molecule has 92 valence electrons. The minimum Gasteiger partial charge on any atom is -0.423 e. The number of oxazole rings is 1. The van der Waals surface area contributed by atoms with Crippen LogP contribution in [0.15, 0.2) is 22.6 Å². The number of hydrogen-bond acceptors (Lipinski definition) is 5. The molecule has 1 heterocycles. The van der Waals surface area contributed by atoms with Gasteiger partial charge in [0.1, 0.15) is 5.52 Å². The summed E-state index contributed by atoms with van der Waals surface area (Å²) in [6, 6.07) is 4.66. The molecule has 0 amide bonds. The van der Waals surface area contributed by atoms with Crippen LogP contribution in [0.25, 0.3) is 11.1 Å². The number of aromatic nitrogens is 1. The first-order chi connectivity index (χ1) is 8.70. The average molecular weight is 245 g/mol. The lowest BCUT2D eigenvalue weighted by molar-refractivity contribution is -0.384. The van der Waals surface area contributed by atoms with Gasteiger partial charge in [-0.25, -0.2) is 0 Å². The second-order valence-corrected chi connectivity index (χ2v) is 3.66. The molecule has 1 aromatic carbocycles. The van der Waals surface area contributed by atoms with E-state index in [9.17, 15) is 10.1 Å². The Hall–Kier alpha value is -2.55. The molecule has 0 bridgehead atoms. The van der Waals surface area contributed by atoms with Gasteiger partial charge in [-0.3, -0.25) is 10.1 Å². The van der Waals surface area contributed by atoms with Gasteiger partial charge in [-0.1, -0.05) is 0 Å². The molecule has 0 saturated carbocycles. The molecule has 6 nitrogen and oxygen atoms in total. The average Bonchev–Trinajstić information content (AvgIpc) is 2.76. The number of unbranched alkanes of at least 4 members (excludes halogenated alkanes) is 1. The van der Waals surface area contributed by atoms with Gasteiger partial charge in [-0.05, 0) is 12.5 Å². The number of hydrogen-bond donors (Lipinski definition) is 1. The van der Waals surface area contributed by atoms with Crippen molar-refractivity contribution in [2.24, 2.45) is 0 Å². The molecule has 0 aliphatic heterocycles. The summed E-state index contributed by atoms with van der Waals surface area (Å²) < 4.78 is 5.36. The third kappa shape index (κ3) is 2.58. The number of nitrogens with one attached hydrogen (secondary N) is 1. The van der Waals surface area contributed by atoms with E-state index in [-0.39, 0.29) is 5.69 Å². The standard InChI is InChI=1S/C12H11N3O3/c1-2-3-4-7-13-12-14-10-6-5-9(15(16)17)8-11(10)18-12/h1,5-6,8H,3-4,7H2,(H,13,14). The van der Waals surface area contributed by atoms with Crippen molar-refractivity contribution < 1.29 is 9.34 Å². The predicted octanol–water partition coefficient (Wildman–Crippen LogP) is 2.56. The SMILES string of the molecule is C#CCCCNc1nc2ccc([N+](=O)[O-])cc2o1. The quantitative estimate of drug-likeness (QED) is 0.379. The Morgan fingerprint density at radius 2 is 2.39 bits per heavy atom. The first-order valence-electron chi connectivity index (χ1n) is 5.43. The molecule has 0 saturated heterocycles. The number of rotatable bonds is 5. The summed E-state index contributed by atoms with van der Waals surface area (Å²) >= 11 is 0. The van der Waals surface area contributed by atoms with E-state index in [1.807, 2.05) is 0 Å². The van der Waals surface area contributed by atoms with Crippen molar-refractivity contribution in [3.63, 3.8) is 0 Å². The lowest BCUT2D eigenvalue weighted by Gasteiger charge is -1.97. The number of anilines is 1. The third-order valence-electron chi connectivity index (χ3n) is 2.36. The van der Waals surface area contributed by atoms with E-state index in [4.69, 9.17) is 10.8 Å². The van der Waals surface area contributed by atoms with Crippen LogP contribution in [-0.2, 0) is 0 Å². The molecule has 0 fully saturated rings. The van der Waals surface area contributed by atoms with Crippen molar-refractivity contribution in [3.05, 3.63) is 28.3 Å². The number of fused-ring (bicyclic) bond motifs is 1. The summed E-state index contributed by atoms with van der Waals surface area (Å²) in [5.41, 5.74) is 0.959. The van der Waals surface area contributed by atoms with Crippen LogP contribution in [0, 0.1) is 22.5 Å². The van der Waals surface area contributed by atoms with Crippen molar-refractivity contribution >= 4 is 22.8 Å². The molecular weight excluding hydrogens is 234 g/mol. The van der Waals surface area contributed by atoms with E-state index >= 15 is 0 Å². The van der Waals surface area contributed by atoms with Crippen LogP contribution in [0.1, 0.15) is 12.8 Å². The highest BCUT2D eigenvalue weighted by Crippen LogP contribution is 2.23. The van der Waals surface area contributed by atoms with Gasteiger partial charge >= 0.3 is 0 Å². The zero-order chi connectivity index (χ0) is 13.0. The number of benzene rings is 1. The highest BCUT2D eigenvalue weighted by Gasteiger charge is 2.11. The van der Waals surface area contributed by atoms with Crippen molar-refractivity contribution in [3.8, 4) is 12.3 Å². The molecule has 6 heteroatoms. The number of nitro groups is 1. The number of non-ortho nitro benzene ring substituents is 1. The largest absolute Gasteiger partial charge is 0.423 e. The van der Waals surface area contributed by atoms with Gasteiger partial charge in [0.05, 0.1) is 11.0 Å².